The normalized spacial score (nSPS) is 12.6. The van der Waals surface area contributed by atoms with Gasteiger partial charge in [0, 0.05) is 10.6 Å². The van der Waals surface area contributed by atoms with Gasteiger partial charge in [-0.2, -0.15) is 13.2 Å². The molecule has 0 spiro atoms. The number of esters is 1. The molecule has 1 amide bonds. The summed E-state index contributed by atoms with van der Waals surface area (Å²) in [7, 11) is -2.67. The van der Waals surface area contributed by atoms with Crippen LogP contribution >= 0.6 is 11.6 Å². The molecule has 184 valence electrons. The van der Waals surface area contributed by atoms with E-state index in [1.807, 2.05) is 0 Å². The van der Waals surface area contributed by atoms with Gasteiger partial charge in [0.15, 0.2) is 0 Å². The number of anilines is 1. The zero-order valence-electron chi connectivity index (χ0n) is 18.0. The Morgan fingerprint density at radius 3 is 2.29 bits per heavy atom. The summed E-state index contributed by atoms with van der Waals surface area (Å²) in [6.07, 6.45) is -6.46. The molecule has 0 saturated carbocycles. The number of carbonyl (C=O) groups is 2. The minimum atomic E-state index is -4.81. The zero-order chi connectivity index (χ0) is 25.8. The largest absolute Gasteiger partial charge is 0.444 e. The highest BCUT2D eigenvalue weighted by Crippen LogP contribution is 2.37. The second-order valence-corrected chi connectivity index (χ2v) is 9.43. The highest BCUT2D eigenvalue weighted by atomic mass is 35.5. The Morgan fingerprint density at radius 2 is 1.66 bits per heavy atom. The summed E-state index contributed by atoms with van der Waals surface area (Å²) in [5.41, 5.74) is -1.76. The molecule has 0 aromatic heterocycles. The van der Waals surface area contributed by atoms with E-state index in [0.717, 1.165) is 12.1 Å². The van der Waals surface area contributed by atoms with Crippen LogP contribution < -0.4 is 10.0 Å². The van der Waals surface area contributed by atoms with E-state index in [-0.39, 0.29) is 21.0 Å². The molecular formula is C23H18ClF3N2O5S. The van der Waals surface area contributed by atoms with Gasteiger partial charge in [-0.05, 0) is 43.4 Å². The van der Waals surface area contributed by atoms with E-state index in [0.29, 0.717) is 6.07 Å². The van der Waals surface area contributed by atoms with Crippen LogP contribution in [-0.4, -0.2) is 27.3 Å². The van der Waals surface area contributed by atoms with Gasteiger partial charge < -0.3 is 10.1 Å². The minimum Gasteiger partial charge on any atom is -0.444 e. The number of amides is 1. The van der Waals surface area contributed by atoms with E-state index in [1.165, 1.54) is 43.4 Å². The smallest absolute Gasteiger partial charge is 0.418 e. The van der Waals surface area contributed by atoms with Crippen LogP contribution in [0.5, 0.6) is 0 Å². The van der Waals surface area contributed by atoms with E-state index < -0.39 is 45.4 Å². The molecule has 2 N–H and O–H groups in total. The van der Waals surface area contributed by atoms with Crippen molar-refractivity contribution in [2.75, 3.05) is 12.4 Å². The predicted octanol–water partition coefficient (Wildman–Crippen LogP) is 4.80. The summed E-state index contributed by atoms with van der Waals surface area (Å²) < 4.78 is 71.9. The first-order valence-electron chi connectivity index (χ1n) is 9.89. The molecule has 3 aromatic carbocycles. The summed E-state index contributed by atoms with van der Waals surface area (Å²) in [5.74, 6) is -2.12. The van der Waals surface area contributed by atoms with Crippen LogP contribution in [0, 0.1) is 0 Å². The SMILES string of the molecule is CNS(=O)(=O)c1cccc(C(=O)O[C@@H](C(=O)Nc2ccc(Cl)cc2C(F)(F)F)c2ccccc2)c1. The van der Waals surface area contributed by atoms with Crippen LogP contribution in [0.2, 0.25) is 5.02 Å². The quantitative estimate of drug-likeness (QED) is 0.430. The second-order valence-electron chi connectivity index (χ2n) is 7.11. The molecule has 0 bridgehead atoms. The van der Waals surface area contributed by atoms with Crippen molar-refractivity contribution in [2.45, 2.75) is 17.2 Å². The molecule has 3 rings (SSSR count). The number of ether oxygens (including phenoxy) is 1. The number of hydrogen-bond donors (Lipinski definition) is 2. The fourth-order valence-electron chi connectivity index (χ4n) is 3.04. The van der Waals surface area contributed by atoms with E-state index in [4.69, 9.17) is 16.3 Å². The first-order valence-corrected chi connectivity index (χ1v) is 11.8. The van der Waals surface area contributed by atoms with Crippen molar-refractivity contribution in [3.05, 3.63) is 94.5 Å². The van der Waals surface area contributed by atoms with Gasteiger partial charge in [-0.25, -0.2) is 17.9 Å². The van der Waals surface area contributed by atoms with Crippen molar-refractivity contribution in [2.24, 2.45) is 0 Å². The molecule has 0 heterocycles. The molecule has 12 heteroatoms. The zero-order valence-corrected chi connectivity index (χ0v) is 19.5. The number of rotatable bonds is 7. The summed E-state index contributed by atoms with van der Waals surface area (Å²) >= 11 is 5.68. The maximum Gasteiger partial charge on any atom is 0.418 e. The third-order valence-electron chi connectivity index (χ3n) is 4.76. The minimum absolute atomic E-state index is 0.180. The number of alkyl halides is 3. The number of sulfonamides is 1. The van der Waals surface area contributed by atoms with Gasteiger partial charge in [-0.1, -0.05) is 48.0 Å². The molecule has 1 atom stereocenters. The predicted molar refractivity (Wildman–Crippen MR) is 122 cm³/mol. The van der Waals surface area contributed by atoms with Gasteiger partial charge in [0.1, 0.15) is 0 Å². The lowest BCUT2D eigenvalue weighted by molar-refractivity contribution is -0.137. The Kier molecular flexibility index (Phi) is 7.83. The lowest BCUT2D eigenvalue weighted by atomic mass is 10.1. The number of hydrogen-bond acceptors (Lipinski definition) is 5. The molecule has 35 heavy (non-hydrogen) atoms. The molecule has 7 nitrogen and oxygen atoms in total. The maximum atomic E-state index is 13.4. The van der Waals surface area contributed by atoms with Crippen LogP contribution in [-0.2, 0) is 25.7 Å². The average molecular weight is 527 g/mol. The Bertz CT molecular complexity index is 1350. The standard InChI is InChI=1S/C23H18ClF3N2O5S/c1-28-35(32,33)17-9-5-8-15(12-17)22(31)34-20(14-6-3-2-4-7-14)21(30)29-19-11-10-16(24)13-18(19)23(25,26)27/h2-13,20,28H,1H3,(H,29,30)/t20-/m1/s1. The van der Waals surface area contributed by atoms with Crippen LogP contribution in [0.1, 0.15) is 27.6 Å². The van der Waals surface area contributed by atoms with Gasteiger partial charge in [0.25, 0.3) is 5.91 Å². The Hall–Kier alpha value is -3.41. The van der Waals surface area contributed by atoms with Crippen molar-refractivity contribution in [1.82, 2.24) is 4.72 Å². The molecule has 3 aromatic rings. The van der Waals surface area contributed by atoms with Gasteiger partial charge in [0.2, 0.25) is 16.1 Å². The van der Waals surface area contributed by atoms with Crippen LogP contribution in [0.3, 0.4) is 0 Å². The van der Waals surface area contributed by atoms with Crippen LogP contribution in [0.25, 0.3) is 0 Å². The third-order valence-corrected chi connectivity index (χ3v) is 6.41. The fourth-order valence-corrected chi connectivity index (χ4v) is 3.99. The topological polar surface area (TPSA) is 102 Å². The molecule has 0 saturated heterocycles. The molecule has 0 radical (unpaired) electrons. The van der Waals surface area contributed by atoms with Gasteiger partial charge in [-0.3, -0.25) is 4.79 Å². The summed E-state index contributed by atoms with van der Waals surface area (Å²) in [6.45, 7) is 0. The lowest BCUT2D eigenvalue weighted by Crippen LogP contribution is -2.27. The van der Waals surface area contributed by atoms with Crippen LogP contribution in [0.4, 0.5) is 18.9 Å². The molecule has 0 unspecified atom stereocenters. The maximum absolute atomic E-state index is 13.4. The van der Waals surface area contributed by atoms with Crippen molar-refractivity contribution < 1.29 is 35.9 Å². The third kappa shape index (κ3) is 6.38. The summed E-state index contributed by atoms with van der Waals surface area (Å²) in [4.78, 5) is 25.6. The van der Waals surface area contributed by atoms with Crippen LogP contribution in [0.15, 0.2) is 77.7 Å². The molecule has 0 aliphatic heterocycles. The fraction of sp³-hybridized carbons (Fsp3) is 0.130. The van der Waals surface area contributed by atoms with E-state index in [2.05, 4.69) is 10.0 Å². The second kappa shape index (κ2) is 10.5. The Morgan fingerprint density at radius 1 is 0.971 bits per heavy atom. The molecule has 0 aliphatic carbocycles. The number of halogens is 4. The first-order chi connectivity index (χ1) is 16.4. The number of benzene rings is 3. The van der Waals surface area contributed by atoms with E-state index >= 15 is 0 Å². The van der Waals surface area contributed by atoms with Crippen molar-refractivity contribution in [3.63, 3.8) is 0 Å². The highest BCUT2D eigenvalue weighted by molar-refractivity contribution is 7.89. The Balaban J connectivity index is 1.94. The number of carbonyl (C=O) groups excluding carboxylic acids is 2. The van der Waals surface area contributed by atoms with Gasteiger partial charge >= 0.3 is 12.1 Å². The van der Waals surface area contributed by atoms with Gasteiger partial charge in [0.05, 0.1) is 21.7 Å². The molecular weight excluding hydrogens is 509 g/mol. The molecule has 0 fully saturated rings. The molecule has 0 aliphatic rings. The lowest BCUT2D eigenvalue weighted by Gasteiger charge is -2.20. The van der Waals surface area contributed by atoms with Crippen molar-refractivity contribution in [3.8, 4) is 0 Å². The van der Waals surface area contributed by atoms with E-state index in [1.54, 1.807) is 18.2 Å². The highest BCUT2D eigenvalue weighted by Gasteiger charge is 2.35. The monoisotopic (exact) mass is 526 g/mol. The summed E-state index contributed by atoms with van der Waals surface area (Å²) in [6, 6.07) is 15.3. The van der Waals surface area contributed by atoms with Gasteiger partial charge in [-0.15, -0.1) is 0 Å². The van der Waals surface area contributed by atoms with Crippen molar-refractivity contribution >= 4 is 39.2 Å². The Labute approximate surface area is 203 Å². The van der Waals surface area contributed by atoms with E-state index in [9.17, 15) is 31.2 Å². The summed E-state index contributed by atoms with van der Waals surface area (Å²) in [5, 5.41) is 1.96. The number of nitrogens with one attached hydrogen (secondary N) is 2. The first kappa shape index (κ1) is 26.2. The van der Waals surface area contributed by atoms with Crippen molar-refractivity contribution in [1.29, 1.82) is 0 Å². The average Bonchev–Trinajstić information content (AvgIpc) is 2.83.